The first-order valence-corrected chi connectivity index (χ1v) is 6.31. The molecule has 2 heteroatoms. The molecule has 2 nitrogen and oxygen atoms in total. The van der Waals surface area contributed by atoms with Crippen LogP contribution in [0.4, 0.5) is 0 Å². The van der Waals surface area contributed by atoms with Crippen LogP contribution in [0.3, 0.4) is 0 Å². The fourth-order valence-electron chi connectivity index (χ4n) is 2.44. The predicted octanol–water partition coefficient (Wildman–Crippen LogP) is 4.18. The van der Waals surface area contributed by atoms with Gasteiger partial charge in [0.25, 0.3) is 0 Å². The van der Waals surface area contributed by atoms with Crippen LogP contribution in [0.1, 0.15) is 18.4 Å². The molecule has 0 aliphatic heterocycles. The van der Waals surface area contributed by atoms with Crippen LogP contribution in [-0.2, 0) is 4.79 Å². The molecule has 3 rings (SSSR count). The highest BCUT2D eigenvalue weighted by Gasteiger charge is 2.13. The van der Waals surface area contributed by atoms with Crippen LogP contribution >= 0.6 is 0 Å². The summed E-state index contributed by atoms with van der Waals surface area (Å²) in [5.74, 6) is -1.27. The summed E-state index contributed by atoms with van der Waals surface area (Å²) in [5.41, 5.74) is 0.843. The molecule has 0 fully saturated rings. The Hall–Kier alpha value is -2.35. The molecule has 0 amide bonds. The summed E-state index contributed by atoms with van der Waals surface area (Å²) < 4.78 is 0. The van der Waals surface area contributed by atoms with Crippen LogP contribution in [0.2, 0.25) is 0 Å². The van der Waals surface area contributed by atoms with Gasteiger partial charge in [-0.25, -0.2) is 0 Å². The first kappa shape index (κ1) is 11.7. The monoisotopic (exact) mass is 250 g/mol. The number of carboxylic acids is 1. The first-order valence-electron chi connectivity index (χ1n) is 6.31. The Morgan fingerprint density at radius 1 is 0.947 bits per heavy atom. The van der Waals surface area contributed by atoms with E-state index >= 15 is 0 Å². The minimum absolute atomic E-state index is 0.476. The third-order valence-electron chi connectivity index (χ3n) is 3.64. The second-order valence-electron chi connectivity index (χ2n) is 4.83. The van der Waals surface area contributed by atoms with Crippen molar-refractivity contribution in [2.75, 3.05) is 0 Å². The summed E-state index contributed by atoms with van der Waals surface area (Å²) in [5, 5.41) is 13.7. The lowest BCUT2D eigenvalue weighted by Crippen LogP contribution is -2.07. The van der Waals surface area contributed by atoms with Gasteiger partial charge >= 0.3 is 5.97 Å². The van der Waals surface area contributed by atoms with Crippen LogP contribution in [0.5, 0.6) is 0 Å². The fourth-order valence-corrected chi connectivity index (χ4v) is 2.44. The Morgan fingerprint density at radius 2 is 1.63 bits per heavy atom. The van der Waals surface area contributed by atoms with Gasteiger partial charge < -0.3 is 5.11 Å². The Kier molecular flexibility index (Phi) is 2.71. The zero-order chi connectivity index (χ0) is 13.4. The van der Waals surface area contributed by atoms with E-state index in [2.05, 4.69) is 24.3 Å². The average Bonchev–Trinajstić information content (AvgIpc) is 2.45. The van der Waals surface area contributed by atoms with E-state index < -0.39 is 11.9 Å². The molecule has 1 N–H and O–H groups in total. The van der Waals surface area contributed by atoms with Gasteiger partial charge in [-0.1, -0.05) is 54.6 Å². The van der Waals surface area contributed by atoms with E-state index in [1.165, 1.54) is 16.2 Å². The van der Waals surface area contributed by atoms with Crippen molar-refractivity contribution in [2.45, 2.75) is 12.8 Å². The SMILES string of the molecule is CC(C(=O)O)c1ccc2c(ccc3ccccc32)c1. The van der Waals surface area contributed by atoms with Crippen molar-refractivity contribution in [2.24, 2.45) is 0 Å². The van der Waals surface area contributed by atoms with Gasteiger partial charge in [0.2, 0.25) is 0 Å². The molecule has 0 bridgehead atoms. The largest absolute Gasteiger partial charge is 0.481 e. The summed E-state index contributed by atoms with van der Waals surface area (Å²) in [6, 6.07) is 18.3. The molecule has 0 spiro atoms. The number of fused-ring (bicyclic) bond motifs is 3. The minimum Gasteiger partial charge on any atom is -0.481 e. The molecule has 0 radical (unpaired) electrons. The number of carbonyl (C=O) groups is 1. The molecule has 0 aromatic heterocycles. The summed E-state index contributed by atoms with van der Waals surface area (Å²) in [6.45, 7) is 1.71. The Balaban J connectivity index is 2.25. The van der Waals surface area contributed by atoms with E-state index in [9.17, 15) is 4.79 Å². The van der Waals surface area contributed by atoms with Crippen LogP contribution in [0, 0.1) is 0 Å². The zero-order valence-electron chi connectivity index (χ0n) is 10.6. The van der Waals surface area contributed by atoms with Crippen LogP contribution in [0.25, 0.3) is 21.5 Å². The van der Waals surface area contributed by atoms with Gasteiger partial charge in [-0.3, -0.25) is 4.79 Å². The van der Waals surface area contributed by atoms with Gasteiger partial charge in [0.15, 0.2) is 0 Å². The van der Waals surface area contributed by atoms with Gasteiger partial charge in [0.1, 0.15) is 0 Å². The molecule has 0 saturated carbocycles. The minimum atomic E-state index is -0.792. The van der Waals surface area contributed by atoms with Crippen LogP contribution in [-0.4, -0.2) is 11.1 Å². The van der Waals surface area contributed by atoms with E-state index in [1.54, 1.807) is 6.92 Å². The second-order valence-corrected chi connectivity index (χ2v) is 4.83. The molecule has 0 aliphatic rings. The van der Waals surface area contributed by atoms with E-state index in [1.807, 2.05) is 30.3 Å². The van der Waals surface area contributed by atoms with Crippen molar-refractivity contribution in [1.82, 2.24) is 0 Å². The first-order chi connectivity index (χ1) is 9.16. The van der Waals surface area contributed by atoms with Crippen molar-refractivity contribution in [3.8, 4) is 0 Å². The van der Waals surface area contributed by atoms with Crippen molar-refractivity contribution < 1.29 is 9.90 Å². The number of rotatable bonds is 2. The average molecular weight is 250 g/mol. The molecule has 0 aliphatic carbocycles. The second kappa shape index (κ2) is 4.39. The lowest BCUT2D eigenvalue weighted by atomic mass is 9.95. The molecule has 0 saturated heterocycles. The van der Waals surface area contributed by atoms with Gasteiger partial charge in [-0.05, 0) is 34.0 Å². The summed E-state index contributed by atoms with van der Waals surface area (Å²) in [6.07, 6.45) is 0. The smallest absolute Gasteiger partial charge is 0.310 e. The quantitative estimate of drug-likeness (QED) is 0.693. The maximum atomic E-state index is 11.0. The normalized spacial score (nSPS) is 12.7. The Bertz CT molecular complexity index is 774. The van der Waals surface area contributed by atoms with Gasteiger partial charge in [-0.2, -0.15) is 0 Å². The maximum absolute atomic E-state index is 11.0. The predicted molar refractivity (Wildman–Crippen MR) is 77.5 cm³/mol. The highest BCUT2D eigenvalue weighted by Crippen LogP contribution is 2.28. The fraction of sp³-hybridized carbons (Fsp3) is 0.118. The topological polar surface area (TPSA) is 37.3 Å². The Labute approximate surface area is 111 Å². The van der Waals surface area contributed by atoms with Crippen molar-refractivity contribution >= 4 is 27.5 Å². The van der Waals surface area contributed by atoms with Crippen molar-refractivity contribution in [1.29, 1.82) is 0 Å². The van der Waals surface area contributed by atoms with Crippen molar-refractivity contribution in [3.63, 3.8) is 0 Å². The summed E-state index contributed by atoms with van der Waals surface area (Å²) >= 11 is 0. The Morgan fingerprint density at radius 3 is 2.42 bits per heavy atom. The highest BCUT2D eigenvalue weighted by molar-refractivity contribution is 6.07. The van der Waals surface area contributed by atoms with Crippen LogP contribution < -0.4 is 0 Å². The third-order valence-corrected chi connectivity index (χ3v) is 3.64. The van der Waals surface area contributed by atoms with E-state index in [-0.39, 0.29) is 0 Å². The molecule has 94 valence electrons. The molecule has 1 atom stereocenters. The zero-order valence-corrected chi connectivity index (χ0v) is 10.6. The van der Waals surface area contributed by atoms with E-state index in [0.29, 0.717) is 0 Å². The molecule has 3 aromatic carbocycles. The van der Waals surface area contributed by atoms with Crippen LogP contribution in [0.15, 0.2) is 54.6 Å². The standard InChI is InChI=1S/C17H14O2/c1-11(17(18)19)13-8-9-16-14(10-13)7-6-12-4-2-3-5-15(12)16/h2-11H,1H3,(H,18,19). The lowest BCUT2D eigenvalue weighted by molar-refractivity contribution is -0.138. The summed E-state index contributed by atoms with van der Waals surface area (Å²) in [7, 11) is 0. The van der Waals surface area contributed by atoms with E-state index in [4.69, 9.17) is 5.11 Å². The molecule has 19 heavy (non-hydrogen) atoms. The van der Waals surface area contributed by atoms with Gasteiger partial charge in [-0.15, -0.1) is 0 Å². The van der Waals surface area contributed by atoms with E-state index in [0.717, 1.165) is 10.9 Å². The molecule has 0 heterocycles. The molecular formula is C17H14O2. The maximum Gasteiger partial charge on any atom is 0.310 e. The van der Waals surface area contributed by atoms with Crippen molar-refractivity contribution in [3.05, 3.63) is 60.2 Å². The third kappa shape index (κ3) is 1.95. The number of carboxylic acid groups (broad SMARTS) is 1. The molecular weight excluding hydrogens is 236 g/mol. The lowest BCUT2D eigenvalue weighted by Gasteiger charge is -2.09. The summed E-state index contributed by atoms with van der Waals surface area (Å²) in [4.78, 5) is 11.0. The molecule has 3 aromatic rings. The van der Waals surface area contributed by atoms with Gasteiger partial charge in [0.05, 0.1) is 5.92 Å². The number of aliphatic carboxylic acids is 1. The number of hydrogen-bond acceptors (Lipinski definition) is 1. The number of benzene rings is 3. The number of hydrogen-bond donors (Lipinski definition) is 1. The highest BCUT2D eigenvalue weighted by atomic mass is 16.4. The molecule has 1 unspecified atom stereocenters. The van der Waals surface area contributed by atoms with Gasteiger partial charge in [0, 0.05) is 0 Å².